The fourth-order valence-electron chi connectivity index (χ4n) is 4.49. The quantitative estimate of drug-likeness (QED) is 0.520. The van der Waals surface area contributed by atoms with Gasteiger partial charge in [0.2, 0.25) is 5.91 Å². The van der Waals surface area contributed by atoms with Crippen molar-refractivity contribution < 1.29 is 24.2 Å². The minimum absolute atomic E-state index is 0.00149. The van der Waals surface area contributed by atoms with Gasteiger partial charge in [-0.3, -0.25) is 4.79 Å². The Bertz CT molecular complexity index is 956. The number of ether oxygens (including phenoxy) is 1. The van der Waals surface area contributed by atoms with Gasteiger partial charge in [0.05, 0.1) is 0 Å². The van der Waals surface area contributed by atoms with Gasteiger partial charge in [-0.1, -0.05) is 55.0 Å². The van der Waals surface area contributed by atoms with Gasteiger partial charge >= 0.3 is 12.1 Å². The molecule has 1 atom stereocenters. The lowest BCUT2D eigenvalue weighted by atomic mass is 9.79. The molecule has 3 N–H and O–H groups in total. The number of rotatable bonds is 9. The van der Waals surface area contributed by atoms with Gasteiger partial charge in [0.15, 0.2) is 0 Å². The number of carboxylic acids is 1. The third kappa shape index (κ3) is 4.77. The molecule has 1 unspecified atom stereocenters. The van der Waals surface area contributed by atoms with Gasteiger partial charge in [-0.25, -0.2) is 9.59 Å². The standard InChI is InChI=1S/C25H28N2O5/c28-22(27-23(24(29)30)16-7-5-8-16)13-6-14-26-25(31)32-15-21-19-11-3-1-9-17(19)18-10-2-4-12-20(18)21/h1-4,9-12,16,21,23H,5-8,13-15H2,(H,26,31)(H,27,28)(H,29,30). The average molecular weight is 437 g/mol. The van der Waals surface area contributed by atoms with E-state index in [1.807, 2.05) is 24.3 Å². The van der Waals surface area contributed by atoms with Crippen LogP contribution in [-0.4, -0.2) is 42.3 Å². The first-order valence-corrected chi connectivity index (χ1v) is 11.2. The largest absolute Gasteiger partial charge is 0.480 e. The van der Waals surface area contributed by atoms with Crippen LogP contribution < -0.4 is 10.6 Å². The molecule has 168 valence electrons. The number of benzene rings is 2. The second kappa shape index (κ2) is 9.85. The highest BCUT2D eigenvalue weighted by molar-refractivity contribution is 5.84. The van der Waals surface area contributed by atoms with Crippen LogP contribution >= 0.6 is 0 Å². The SMILES string of the molecule is O=C(CCCNC(=O)OCC1c2ccccc2-c2ccccc21)NC(C(=O)O)C1CCC1. The summed E-state index contributed by atoms with van der Waals surface area (Å²) >= 11 is 0. The van der Waals surface area contributed by atoms with Crippen LogP contribution in [0.1, 0.15) is 49.1 Å². The first-order valence-electron chi connectivity index (χ1n) is 11.2. The summed E-state index contributed by atoms with van der Waals surface area (Å²) in [6.07, 6.45) is 2.72. The molecular weight excluding hydrogens is 408 g/mol. The molecule has 0 bridgehead atoms. The van der Waals surface area contributed by atoms with Crippen LogP contribution in [0.4, 0.5) is 4.79 Å². The summed E-state index contributed by atoms with van der Waals surface area (Å²) in [5, 5.41) is 14.6. The number of amides is 2. The van der Waals surface area contributed by atoms with Crippen LogP contribution in [-0.2, 0) is 14.3 Å². The molecule has 7 nitrogen and oxygen atoms in total. The van der Waals surface area contributed by atoms with Gasteiger partial charge in [-0.15, -0.1) is 0 Å². The molecule has 2 aliphatic carbocycles. The van der Waals surface area contributed by atoms with Gasteiger partial charge in [-0.05, 0) is 47.4 Å². The lowest BCUT2D eigenvalue weighted by Gasteiger charge is -2.31. The topological polar surface area (TPSA) is 105 Å². The maximum Gasteiger partial charge on any atom is 0.407 e. The van der Waals surface area contributed by atoms with Crippen molar-refractivity contribution >= 4 is 18.0 Å². The molecule has 0 heterocycles. The highest BCUT2D eigenvalue weighted by Gasteiger charge is 2.33. The molecule has 1 saturated carbocycles. The number of nitrogens with one attached hydrogen (secondary N) is 2. The van der Waals surface area contributed by atoms with Gasteiger partial charge in [0.1, 0.15) is 12.6 Å². The van der Waals surface area contributed by atoms with Crippen molar-refractivity contribution in [3.05, 3.63) is 59.7 Å². The van der Waals surface area contributed by atoms with E-state index in [-0.39, 0.29) is 37.3 Å². The van der Waals surface area contributed by atoms with Gasteiger partial charge < -0.3 is 20.5 Å². The van der Waals surface area contributed by atoms with Crippen molar-refractivity contribution in [3.63, 3.8) is 0 Å². The van der Waals surface area contributed by atoms with Crippen LogP contribution in [0.25, 0.3) is 11.1 Å². The van der Waals surface area contributed by atoms with E-state index in [9.17, 15) is 19.5 Å². The van der Waals surface area contributed by atoms with Crippen LogP contribution in [0.15, 0.2) is 48.5 Å². The van der Waals surface area contributed by atoms with Crippen LogP contribution in [0.3, 0.4) is 0 Å². The fourth-order valence-corrected chi connectivity index (χ4v) is 4.49. The lowest BCUT2D eigenvalue weighted by Crippen LogP contribution is -2.48. The number of carbonyl (C=O) groups is 3. The van der Waals surface area contributed by atoms with Gasteiger partial charge in [0, 0.05) is 18.9 Å². The molecule has 2 aliphatic rings. The van der Waals surface area contributed by atoms with E-state index < -0.39 is 18.1 Å². The first kappa shape index (κ1) is 21.9. The van der Waals surface area contributed by atoms with E-state index in [0.717, 1.165) is 30.4 Å². The summed E-state index contributed by atoms with van der Waals surface area (Å²) < 4.78 is 5.47. The Kier molecular flexibility index (Phi) is 6.73. The van der Waals surface area contributed by atoms with Crippen molar-refractivity contribution in [1.29, 1.82) is 0 Å². The molecule has 7 heteroatoms. The Balaban J connectivity index is 1.20. The van der Waals surface area contributed by atoms with Crippen molar-refractivity contribution in [1.82, 2.24) is 10.6 Å². The number of carbonyl (C=O) groups excluding carboxylic acids is 2. The van der Waals surface area contributed by atoms with E-state index in [0.29, 0.717) is 6.42 Å². The van der Waals surface area contributed by atoms with E-state index in [1.165, 1.54) is 11.1 Å². The Morgan fingerprint density at radius 1 is 1.00 bits per heavy atom. The van der Waals surface area contributed by atoms with Crippen molar-refractivity contribution in [2.75, 3.05) is 13.2 Å². The van der Waals surface area contributed by atoms with Gasteiger partial charge in [0.25, 0.3) is 0 Å². The molecule has 0 radical (unpaired) electrons. The molecule has 0 aromatic heterocycles. The van der Waals surface area contributed by atoms with E-state index in [4.69, 9.17) is 4.74 Å². The highest BCUT2D eigenvalue weighted by atomic mass is 16.5. The number of carboxylic acid groups (broad SMARTS) is 1. The molecule has 4 rings (SSSR count). The Morgan fingerprint density at radius 3 is 2.19 bits per heavy atom. The maximum absolute atomic E-state index is 12.2. The van der Waals surface area contributed by atoms with E-state index in [1.54, 1.807) is 0 Å². The van der Waals surface area contributed by atoms with Crippen LogP contribution in [0, 0.1) is 5.92 Å². The summed E-state index contributed by atoms with van der Waals surface area (Å²) in [5.41, 5.74) is 4.64. The highest BCUT2D eigenvalue weighted by Crippen LogP contribution is 2.44. The molecule has 2 amide bonds. The zero-order valence-electron chi connectivity index (χ0n) is 17.9. The van der Waals surface area contributed by atoms with Crippen molar-refractivity contribution in [2.24, 2.45) is 5.92 Å². The number of hydrogen-bond donors (Lipinski definition) is 3. The third-order valence-electron chi connectivity index (χ3n) is 6.40. The predicted molar refractivity (Wildman–Crippen MR) is 119 cm³/mol. The van der Waals surface area contributed by atoms with Crippen LogP contribution in [0.2, 0.25) is 0 Å². The number of fused-ring (bicyclic) bond motifs is 3. The smallest absolute Gasteiger partial charge is 0.407 e. The Labute approximate surface area is 187 Å². The van der Waals surface area contributed by atoms with E-state index >= 15 is 0 Å². The van der Waals surface area contributed by atoms with Crippen molar-refractivity contribution in [3.8, 4) is 11.1 Å². The monoisotopic (exact) mass is 436 g/mol. The van der Waals surface area contributed by atoms with E-state index in [2.05, 4.69) is 34.9 Å². The summed E-state index contributed by atoms with van der Waals surface area (Å²) in [6, 6.07) is 15.5. The number of alkyl carbamates (subject to hydrolysis) is 1. The second-order valence-corrected chi connectivity index (χ2v) is 8.43. The second-order valence-electron chi connectivity index (χ2n) is 8.43. The Morgan fingerprint density at radius 2 is 1.62 bits per heavy atom. The zero-order chi connectivity index (χ0) is 22.5. The minimum Gasteiger partial charge on any atom is -0.480 e. The van der Waals surface area contributed by atoms with Crippen LogP contribution in [0.5, 0.6) is 0 Å². The molecule has 0 aliphatic heterocycles. The molecule has 0 spiro atoms. The molecule has 0 saturated heterocycles. The maximum atomic E-state index is 12.2. The lowest BCUT2D eigenvalue weighted by molar-refractivity contribution is -0.144. The normalized spacial score (nSPS) is 15.8. The third-order valence-corrected chi connectivity index (χ3v) is 6.40. The minimum atomic E-state index is -0.986. The average Bonchev–Trinajstić information content (AvgIpc) is 3.07. The number of aliphatic carboxylic acids is 1. The molecule has 2 aromatic rings. The summed E-state index contributed by atoms with van der Waals surface area (Å²) in [5.74, 6) is -1.27. The first-order chi connectivity index (χ1) is 15.5. The fraction of sp³-hybridized carbons (Fsp3) is 0.400. The summed E-state index contributed by atoms with van der Waals surface area (Å²) in [4.78, 5) is 35.6. The number of hydrogen-bond acceptors (Lipinski definition) is 4. The zero-order valence-corrected chi connectivity index (χ0v) is 17.9. The Hall–Kier alpha value is -3.35. The summed E-state index contributed by atoms with van der Waals surface area (Å²) in [7, 11) is 0. The molecule has 32 heavy (non-hydrogen) atoms. The van der Waals surface area contributed by atoms with Gasteiger partial charge in [-0.2, -0.15) is 0 Å². The molecular formula is C25H28N2O5. The summed E-state index contributed by atoms with van der Waals surface area (Å²) in [6.45, 7) is 0.521. The predicted octanol–water partition coefficient (Wildman–Crippen LogP) is 3.67. The van der Waals surface area contributed by atoms with Crippen molar-refractivity contribution in [2.45, 2.75) is 44.1 Å². The molecule has 2 aromatic carbocycles. The molecule has 1 fully saturated rings.